The molecule has 0 saturated heterocycles. The van der Waals surface area contributed by atoms with Crippen molar-refractivity contribution in [2.45, 2.75) is 53.2 Å². The Hall–Kier alpha value is -1.86. The second-order valence-electron chi connectivity index (χ2n) is 6.55. The summed E-state index contributed by atoms with van der Waals surface area (Å²) in [5, 5.41) is 11.5. The first-order valence-corrected chi connectivity index (χ1v) is 9.80. The van der Waals surface area contributed by atoms with Gasteiger partial charge in [0, 0.05) is 54.2 Å². The summed E-state index contributed by atoms with van der Waals surface area (Å²) in [5.41, 5.74) is 3.43. The van der Waals surface area contributed by atoms with Crippen LogP contribution in [-0.2, 0) is 24.2 Å². The van der Waals surface area contributed by atoms with Gasteiger partial charge in [0.1, 0.15) is 0 Å². The zero-order valence-corrected chi connectivity index (χ0v) is 17.5. The van der Waals surface area contributed by atoms with Crippen LogP contribution >= 0.6 is 11.3 Å². The zero-order valence-electron chi connectivity index (χ0n) is 16.7. The highest BCUT2D eigenvalue weighted by Gasteiger charge is 2.13. The maximum absolute atomic E-state index is 5.15. The summed E-state index contributed by atoms with van der Waals surface area (Å²) in [4.78, 5) is 7.10. The average Bonchev–Trinajstić information content (AvgIpc) is 3.12. The fourth-order valence-corrected chi connectivity index (χ4v) is 3.95. The Morgan fingerprint density at radius 3 is 2.73 bits per heavy atom. The van der Waals surface area contributed by atoms with Gasteiger partial charge in [-0.15, -0.1) is 11.3 Å². The lowest BCUT2D eigenvalue weighted by Gasteiger charge is -2.17. The number of nitrogens with zero attached hydrogens (tertiary/aromatic N) is 3. The smallest absolute Gasteiger partial charge is 0.191 e. The lowest BCUT2D eigenvalue weighted by molar-refractivity contribution is 0.182. The molecule has 2 aromatic heterocycles. The van der Waals surface area contributed by atoms with Crippen LogP contribution in [-0.4, -0.2) is 42.5 Å². The number of thiophene rings is 1. The van der Waals surface area contributed by atoms with E-state index in [2.05, 4.69) is 53.6 Å². The maximum atomic E-state index is 5.15. The van der Waals surface area contributed by atoms with E-state index in [1.54, 1.807) is 14.2 Å². The van der Waals surface area contributed by atoms with Gasteiger partial charge >= 0.3 is 0 Å². The van der Waals surface area contributed by atoms with E-state index in [1.165, 1.54) is 21.0 Å². The molecule has 2 N–H and O–H groups in total. The second kappa shape index (κ2) is 9.73. The van der Waals surface area contributed by atoms with E-state index in [4.69, 9.17) is 4.74 Å². The number of aromatic nitrogens is 2. The fraction of sp³-hybridized carbons (Fsp3) is 0.579. The molecule has 144 valence electrons. The van der Waals surface area contributed by atoms with Gasteiger partial charge in [0.2, 0.25) is 0 Å². The van der Waals surface area contributed by atoms with Crippen molar-refractivity contribution < 1.29 is 4.74 Å². The Bertz CT molecular complexity index is 734. The first kappa shape index (κ1) is 20.5. The minimum atomic E-state index is 0.311. The quantitative estimate of drug-likeness (QED) is 0.548. The van der Waals surface area contributed by atoms with Crippen molar-refractivity contribution in [1.29, 1.82) is 0 Å². The van der Waals surface area contributed by atoms with Gasteiger partial charge in [0.25, 0.3) is 0 Å². The predicted molar refractivity (Wildman–Crippen MR) is 109 cm³/mol. The number of hydrogen-bond donors (Lipinski definition) is 2. The van der Waals surface area contributed by atoms with Crippen molar-refractivity contribution in [2.75, 3.05) is 20.8 Å². The Kier molecular flexibility index (Phi) is 7.66. The standard InChI is InChI=1S/C19H31N5OS/c1-13(11-17-8-7-14(2)26-17)22-19(20-5)21-12-18-15(3)23-24(16(18)4)9-10-25-6/h7-8,13H,9-12H2,1-6H3,(H2,20,21,22). The van der Waals surface area contributed by atoms with Crippen LogP contribution in [0.15, 0.2) is 17.1 Å². The van der Waals surface area contributed by atoms with Gasteiger partial charge in [-0.05, 0) is 39.8 Å². The molecule has 0 saturated carbocycles. The predicted octanol–water partition coefficient (Wildman–Crippen LogP) is 2.81. The second-order valence-corrected chi connectivity index (χ2v) is 7.93. The van der Waals surface area contributed by atoms with Crippen LogP contribution in [0.2, 0.25) is 0 Å². The molecule has 0 spiro atoms. The number of hydrogen-bond acceptors (Lipinski definition) is 4. The molecule has 0 radical (unpaired) electrons. The molecule has 2 heterocycles. The third-order valence-electron chi connectivity index (χ3n) is 4.38. The van der Waals surface area contributed by atoms with Gasteiger partial charge in [-0.25, -0.2) is 0 Å². The molecule has 0 amide bonds. The first-order valence-electron chi connectivity index (χ1n) is 8.99. The molecule has 0 aliphatic heterocycles. The first-order chi connectivity index (χ1) is 12.4. The highest BCUT2D eigenvalue weighted by molar-refractivity contribution is 7.11. The van der Waals surface area contributed by atoms with Crippen molar-refractivity contribution in [1.82, 2.24) is 20.4 Å². The number of aryl methyl sites for hydroxylation is 2. The van der Waals surface area contributed by atoms with Gasteiger partial charge in [-0.2, -0.15) is 5.10 Å². The summed E-state index contributed by atoms with van der Waals surface area (Å²) in [6.45, 7) is 10.6. The molecule has 0 aliphatic rings. The van der Waals surface area contributed by atoms with Crippen LogP contribution in [0.3, 0.4) is 0 Å². The van der Waals surface area contributed by atoms with Crippen molar-refractivity contribution in [3.8, 4) is 0 Å². The summed E-state index contributed by atoms with van der Waals surface area (Å²) in [5.74, 6) is 0.814. The van der Waals surface area contributed by atoms with Crippen molar-refractivity contribution in [3.05, 3.63) is 38.8 Å². The van der Waals surface area contributed by atoms with E-state index < -0.39 is 0 Å². The van der Waals surface area contributed by atoms with E-state index >= 15 is 0 Å². The Morgan fingerprint density at radius 2 is 2.12 bits per heavy atom. The SMILES string of the molecule is CN=C(NCc1c(C)nn(CCOC)c1C)NC(C)Cc1ccc(C)s1. The summed E-state index contributed by atoms with van der Waals surface area (Å²) < 4.78 is 7.16. The van der Waals surface area contributed by atoms with Crippen LogP contribution in [0.4, 0.5) is 0 Å². The molecule has 1 atom stereocenters. The molecular weight excluding hydrogens is 346 g/mol. The molecule has 2 rings (SSSR count). The summed E-state index contributed by atoms with van der Waals surface area (Å²) in [7, 11) is 3.52. The average molecular weight is 378 g/mol. The normalized spacial score (nSPS) is 13.1. The van der Waals surface area contributed by atoms with E-state index in [9.17, 15) is 0 Å². The van der Waals surface area contributed by atoms with Crippen LogP contribution in [0.5, 0.6) is 0 Å². The number of guanidine groups is 1. The monoisotopic (exact) mass is 377 g/mol. The highest BCUT2D eigenvalue weighted by Crippen LogP contribution is 2.17. The Labute approximate surface area is 160 Å². The summed E-state index contributed by atoms with van der Waals surface area (Å²) in [6.07, 6.45) is 0.992. The maximum Gasteiger partial charge on any atom is 0.191 e. The largest absolute Gasteiger partial charge is 0.383 e. The Morgan fingerprint density at radius 1 is 1.35 bits per heavy atom. The van der Waals surface area contributed by atoms with E-state index in [0.29, 0.717) is 19.2 Å². The zero-order chi connectivity index (χ0) is 19.1. The molecule has 0 bridgehead atoms. The third kappa shape index (κ3) is 5.57. The molecule has 0 aromatic carbocycles. The summed E-state index contributed by atoms with van der Waals surface area (Å²) in [6, 6.07) is 4.69. The van der Waals surface area contributed by atoms with E-state index in [-0.39, 0.29) is 0 Å². The van der Waals surface area contributed by atoms with Crippen LogP contribution < -0.4 is 10.6 Å². The molecule has 7 heteroatoms. The molecule has 6 nitrogen and oxygen atoms in total. The fourth-order valence-electron chi connectivity index (χ4n) is 2.93. The molecule has 0 fully saturated rings. The number of rotatable bonds is 8. The number of nitrogens with one attached hydrogen (secondary N) is 2. The Balaban J connectivity index is 1.91. The molecular formula is C19H31N5OS. The highest BCUT2D eigenvalue weighted by atomic mass is 32.1. The van der Waals surface area contributed by atoms with Gasteiger partial charge in [0.15, 0.2) is 5.96 Å². The van der Waals surface area contributed by atoms with Gasteiger partial charge < -0.3 is 15.4 Å². The minimum Gasteiger partial charge on any atom is -0.383 e. The van der Waals surface area contributed by atoms with Crippen LogP contribution in [0, 0.1) is 20.8 Å². The van der Waals surface area contributed by atoms with E-state index in [0.717, 1.165) is 24.6 Å². The summed E-state index contributed by atoms with van der Waals surface area (Å²) >= 11 is 1.85. The lowest BCUT2D eigenvalue weighted by atomic mass is 10.2. The van der Waals surface area contributed by atoms with E-state index in [1.807, 2.05) is 22.9 Å². The number of aliphatic imine (C=N–C) groups is 1. The topological polar surface area (TPSA) is 63.5 Å². The van der Waals surface area contributed by atoms with Crippen LogP contribution in [0.25, 0.3) is 0 Å². The number of ether oxygens (including phenoxy) is 1. The molecule has 2 aromatic rings. The van der Waals surface area contributed by atoms with Crippen LogP contribution in [0.1, 0.15) is 33.6 Å². The third-order valence-corrected chi connectivity index (χ3v) is 5.40. The van der Waals surface area contributed by atoms with Gasteiger partial charge in [-0.3, -0.25) is 9.67 Å². The minimum absolute atomic E-state index is 0.311. The van der Waals surface area contributed by atoms with Gasteiger partial charge in [-0.1, -0.05) is 0 Å². The number of methoxy groups -OCH3 is 1. The molecule has 0 aliphatic carbocycles. The molecule has 1 unspecified atom stereocenters. The van der Waals surface area contributed by atoms with Crippen molar-refractivity contribution >= 4 is 17.3 Å². The van der Waals surface area contributed by atoms with Crippen molar-refractivity contribution in [3.63, 3.8) is 0 Å². The molecule has 26 heavy (non-hydrogen) atoms. The van der Waals surface area contributed by atoms with Gasteiger partial charge in [0.05, 0.1) is 18.8 Å². The van der Waals surface area contributed by atoms with Crippen molar-refractivity contribution in [2.24, 2.45) is 4.99 Å². The lowest BCUT2D eigenvalue weighted by Crippen LogP contribution is -2.42.